The predicted octanol–water partition coefficient (Wildman–Crippen LogP) is 0.606. The van der Waals surface area contributed by atoms with Crippen molar-refractivity contribution in [2.24, 2.45) is 4.99 Å². The maximum absolute atomic E-state index is 5.09. The Morgan fingerprint density at radius 2 is 1.95 bits per heavy atom. The lowest BCUT2D eigenvalue weighted by atomic mass is 10.1. The smallest absolute Gasteiger partial charge is 0.191 e. The first-order chi connectivity index (χ1) is 10.8. The second-order valence-electron chi connectivity index (χ2n) is 5.89. The van der Waals surface area contributed by atoms with Gasteiger partial charge in [-0.1, -0.05) is 6.42 Å². The molecule has 1 heterocycles. The largest absolute Gasteiger partial charge is 0.383 e. The molecule has 0 spiro atoms. The standard InChI is InChI=1S/C16H35N5O/c1-4-17-16(18-8-12-20(2)14-15-22-3)19-9-13-21-10-6-5-7-11-21/h4-15H2,1-3H3,(H2,17,18,19). The van der Waals surface area contributed by atoms with E-state index in [4.69, 9.17) is 4.74 Å². The van der Waals surface area contributed by atoms with Crippen molar-refractivity contribution in [1.29, 1.82) is 0 Å². The van der Waals surface area contributed by atoms with Gasteiger partial charge in [0.2, 0.25) is 0 Å². The number of guanidine groups is 1. The minimum Gasteiger partial charge on any atom is -0.383 e. The highest BCUT2D eigenvalue weighted by atomic mass is 16.5. The molecule has 0 aromatic rings. The summed E-state index contributed by atoms with van der Waals surface area (Å²) in [5.74, 6) is 0.930. The molecule has 0 amide bonds. The second-order valence-corrected chi connectivity index (χ2v) is 5.89. The third-order valence-electron chi connectivity index (χ3n) is 3.94. The van der Waals surface area contributed by atoms with Gasteiger partial charge < -0.3 is 25.2 Å². The number of nitrogens with zero attached hydrogens (tertiary/aromatic N) is 3. The van der Waals surface area contributed by atoms with Crippen LogP contribution in [0.4, 0.5) is 0 Å². The summed E-state index contributed by atoms with van der Waals surface area (Å²) >= 11 is 0. The molecule has 22 heavy (non-hydrogen) atoms. The lowest BCUT2D eigenvalue weighted by Gasteiger charge is -2.25. The molecule has 0 bridgehead atoms. The summed E-state index contributed by atoms with van der Waals surface area (Å²) in [5.41, 5.74) is 0. The van der Waals surface area contributed by atoms with Gasteiger partial charge in [-0.2, -0.15) is 0 Å². The summed E-state index contributed by atoms with van der Waals surface area (Å²) in [6.45, 7) is 11.0. The van der Waals surface area contributed by atoms with Gasteiger partial charge in [-0.05, 0) is 39.9 Å². The fraction of sp³-hybridized carbons (Fsp3) is 0.938. The highest BCUT2D eigenvalue weighted by Gasteiger charge is 2.08. The normalized spacial score (nSPS) is 17.0. The van der Waals surface area contributed by atoms with Crippen molar-refractivity contribution in [2.75, 3.05) is 73.1 Å². The molecule has 0 atom stereocenters. The van der Waals surface area contributed by atoms with Crippen molar-refractivity contribution in [3.8, 4) is 0 Å². The quantitative estimate of drug-likeness (QED) is 0.457. The Balaban J connectivity index is 2.20. The first-order valence-corrected chi connectivity index (χ1v) is 8.68. The lowest BCUT2D eigenvalue weighted by Crippen LogP contribution is -2.42. The van der Waals surface area contributed by atoms with Crippen LogP contribution in [0.2, 0.25) is 0 Å². The van der Waals surface area contributed by atoms with Crippen LogP contribution in [0.15, 0.2) is 4.99 Å². The number of likely N-dealkylation sites (N-methyl/N-ethyl adjacent to an activating group) is 1. The van der Waals surface area contributed by atoms with Gasteiger partial charge in [-0.3, -0.25) is 4.99 Å². The first kappa shape index (κ1) is 19.2. The van der Waals surface area contributed by atoms with E-state index in [1.807, 2.05) is 0 Å². The topological polar surface area (TPSA) is 52.1 Å². The van der Waals surface area contributed by atoms with Crippen LogP contribution in [0.25, 0.3) is 0 Å². The van der Waals surface area contributed by atoms with E-state index in [1.165, 1.54) is 32.4 Å². The zero-order valence-corrected chi connectivity index (χ0v) is 14.7. The molecule has 6 nitrogen and oxygen atoms in total. The summed E-state index contributed by atoms with van der Waals surface area (Å²) in [5, 5.41) is 6.72. The van der Waals surface area contributed by atoms with E-state index in [2.05, 4.69) is 39.4 Å². The Bertz CT molecular complexity index is 292. The van der Waals surface area contributed by atoms with Crippen molar-refractivity contribution >= 4 is 5.96 Å². The van der Waals surface area contributed by atoms with Crippen LogP contribution in [-0.2, 0) is 4.74 Å². The minimum absolute atomic E-state index is 0.778. The van der Waals surface area contributed by atoms with E-state index in [9.17, 15) is 0 Å². The Morgan fingerprint density at radius 1 is 1.18 bits per heavy atom. The average Bonchev–Trinajstić information content (AvgIpc) is 2.54. The molecule has 0 unspecified atom stereocenters. The van der Waals surface area contributed by atoms with Gasteiger partial charge in [0.15, 0.2) is 5.96 Å². The van der Waals surface area contributed by atoms with Gasteiger partial charge in [0.1, 0.15) is 0 Å². The van der Waals surface area contributed by atoms with Crippen LogP contribution in [0, 0.1) is 0 Å². The average molecular weight is 313 g/mol. The fourth-order valence-electron chi connectivity index (χ4n) is 2.55. The fourth-order valence-corrected chi connectivity index (χ4v) is 2.55. The molecule has 0 aromatic heterocycles. The van der Waals surface area contributed by atoms with Crippen LogP contribution in [0.1, 0.15) is 26.2 Å². The lowest BCUT2D eigenvalue weighted by molar-refractivity contribution is 0.162. The molecule has 1 aliphatic heterocycles. The van der Waals surface area contributed by atoms with Crippen molar-refractivity contribution < 1.29 is 4.74 Å². The maximum Gasteiger partial charge on any atom is 0.191 e. The molecule has 1 aliphatic rings. The summed E-state index contributed by atoms with van der Waals surface area (Å²) in [7, 11) is 3.85. The monoisotopic (exact) mass is 313 g/mol. The summed E-state index contributed by atoms with van der Waals surface area (Å²) in [6, 6.07) is 0. The molecule has 0 saturated carbocycles. The van der Waals surface area contributed by atoms with E-state index in [0.29, 0.717) is 0 Å². The van der Waals surface area contributed by atoms with Gasteiger partial charge in [-0.15, -0.1) is 0 Å². The zero-order chi connectivity index (χ0) is 16.0. The molecule has 1 rings (SSSR count). The van der Waals surface area contributed by atoms with Crippen molar-refractivity contribution in [3.05, 3.63) is 0 Å². The molecule has 6 heteroatoms. The molecule has 1 saturated heterocycles. The Labute approximate surface area is 136 Å². The molecule has 130 valence electrons. The first-order valence-electron chi connectivity index (χ1n) is 8.68. The zero-order valence-electron chi connectivity index (χ0n) is 14.7. The SMILES string of the molecule is CCNC(=NCCN1CCCCC1)NCCN(C)CCOC. The molecule has 0 radical (unpaired) electrons. The Hall–Kier alpha value is -0.850. The van der Waals surface area contributed by atoms with Gasteiger partial charge in [0.05, 0.1) is 13.2 Å². The van der Waals surface area contributed by atoms with Gasteiger partial charge in [0, 0.05) is 39.8 Å². The number of hydrogen-bond acceptors (Lipinski definition) is 4. The van der Waals surface area contributed by atoms with E-state index in [0.717, 1.165) is 51.8 Å². The maximum atomic E-state index is 5.09. The Morgan fingerprint density at radius 3 is 2.64 bits per heavy atom. The summed E-state index contributed by atoms with van der Waals surface area (Å²) < 4.78 is 5.09. The third kappa shape index (κ3) is 9.23. The van der Waals surface area contributed by atoms with E-state index < -0.39 is 0 Å². The van der Waals surface area contributed by atoms with Gasteiger partial charge in [0.25, 0.3) is 0 Å². The Kier molecular flexibility index (Phi) is 11.1. The number of aliphatic imine (C=N–C) groups is 1. The number of nitrogens with one attached hydrogen (secondary N) is 2. The van der Waals surface area contributed by atoms with Gasteiger partial charge in [-0.25, -0.2) is 0 Å². The third-order valence-corrected chi connectivity index (χ3v) is 3.94. The van der Waals surface area contributed by atoms with Gasteiger partial charge >= 0.3 is 0 Å². The van der Waals surface area contributed by atoms with Crippen molar-refractivity contribution in [2.45, 2.75) is 26.2 Å². The number of hydrogen-bond donors (Lipinski definition) is 2. The molecule has 1 fully saturated rings. The minimum atomic E-state index is 0.778. The molecule has 2 N–H and O–H groups in total. The predicted molar refractivity (Wildman–Crippen MR) is 93.6 cm³/mol. The number of rotatable bonds is 10. The van der Waals surface area contributed by atoms with Crippen LogP contribution < -0.4 is 10.6 Å². The van der Waals surface area contributed by atoms with E-state index >= 15 is 0 Å². The van der Waals surface area contributed by atoms with Crippen LogP contribution in [-0.4, -0.2) is 88.9 Å². The number of methoxy groups -OCH3 is 1. The van der Waals surface area contributed by atoms with Crippen molar-refractivity contribution in [3.63, 3.8) is 0 Å². The number of ether oxygens (including phenoxy) is 1. The van der Waals surface area contributed by atoms with E-state index in [-0.39, 0.29) is 0 Å². The molecule has 0 aromatic carbocycles. The van der Waals surface area contributed by atoms with Crippen LogP contribution in [0.3, 0.4) is 0 Å². The van der Waals surface area contributed by atoms with E-state index in [1.54, 1.807) is 7.11 Å². The number of likely N-dealkylation sites (tertiary alicyclic amines) is 1. The molecule has 0 aliphatic carbocycles. The second kappa shape index (κ2) is 12.7. The van der Waals surface area contributed by atoms with Crippen LogP contribution >= 0.6 is 0 Å². The number of piperidine rings is 1. The highest BCUT2D eigenvalue weighted by molar-refractivity contribution is 5.79. The summed E-state index contributed by atoms with van der Waals surface area (Å²) in [6.07, 6.45) is 4.08. The highest BCUT2D eigenvalue weighted by Crippen LogP contribution is 2.07. The molecular weight excluding hydrogens is 278 g/mol. The van der Waals surface area contributed by atoms with Crippen molar-refractivity contribution in [1.82, 2.24) is 20.4 Å². The van der Waals surface area contributed by atoms with Crippen LogP contribution in [0.5, 0.6) is 0 Å². The molecular formula is C16H35N5O. The summed E-state index contributed by atoms with van der Waals surface area (Å²) in [4.78, 5) is 9.46.